The Kier molecular flexibility index (Phi) is 6.64. The first-order valence-corrected chi connectivity index (χ1v) is 11.6. The molecule has 1 aliphatic rings. The number of morpholine rings is 1. The fraction of sp³-hybridized carbons (Fsp3) is 0.524. The maximum atomic E-state index is 12.7. The van der Waals surface area contributed by atoms with Gasteiger partial charge in [-0.2, -0.15) is 9.40 Å². The Balaban J connectivity index is 1.60. The minimum absolute atomic E-state index is 0.106. The van der Waals surface area contributed by atoms with Crippen LogP contribution in [0.25, 0.3) is 0 Å². The third-order valence-electron chi connectivity index (χ3n) is 4.91. The molecule has 0 atom stereocenters. The number of anilines is 1. The van der Waals surface area contributed by atoms with Crippen LogP contribution in [-0.4, -0.2) is 54.7 Å². The summed E-state index contributed by atoms with van der Waals surface area (Å²) in [7, 11) is -3.50. The number of aromatic nitrogens is 2. The third kappa shape index (κ3) is 5.27. The first-order chi connectivity index (χ1) is 14.1. The van der Waals surface area contributed by atoms with E-state index in [1.165, 1.54) is 4.31 Å². The van der Waals surface area contributed by atoms with Crippen molar-refractivity contribution in [1.29, 1.82) is 0 Å². The molecule has 1 aromatic heterocycles. The molecule has 9 heteroatoms. The van der Waals surface area contributed by atoms with Gasteiger partial charge in [0.15, 0.2) is 0 Å². The number of hydrogen-bond donors (Lipinski definition) is 1. The summed E-state index contributed by atoms with van der Waals surface area (Å²) < 4.78 is 33.8. The van der Waals surface area contributed by atoms with Gasteiger partial charge >= 0.3 is 0 Å². The van der Waals surface area contributed by atoms with Crippen LogP contribution in [0.5, 0.6) is 0 Å². The number of benzene rings is 1. The molecule has 1 amide bonds. The maximum Gasteiger partial charge on any atom is 0.243 e. The van der Waals surface area contributed by atoms with Gasteiger partial charge < -0.3 is 10.1 Å². The zero-order valence-electron chi connectivity index (χ0n) is 18.0. The second kappa shape index (κ2) is 8.87. The molecule has 1 aromatic carbocycles. The lowest BCUT2D eigenvalue weighted by Crippen LogP contribution is -2.40. The molecule has 0 radical (unpaired) electrons. The third-order valence-corrected chi connectivity index (χ3v) is 6.82. The fourth-order valence-corrected chi connectivity index (χ4v) is 4.74. The number of nitrogens with zero attached hydrogens (tertiary/aromatic N) is 3. The van der Waals surface area contributed by atoms with Gasteiger partial charge in [0.2, 0.25) is 15.9 Å². The predicted octanol–water partition coefficient (Wildman–Crippen LogP) is 2.54. The van der Waals surface area contributed by atoms with Crippen LogP contribution in [-0.2, 0) is 31.5 Å². The van der Waals surface area contributed by atoms with Gasteiger partial charge in [-0.05, 0) is 51.8 Å². The highest BCUT2D eigenvalue weighted by Gasteiger charge is 2.26. The van der Waals surface area contributed by atoms with Crippen molar-refractivity contribution in [3.8, 4) is 0 Å². The van der Waals surface area contributed by atoms with E-state index in [-0.39, 0.29) is 16.3 Å². The molecule has 0 spiro atoms. The normalized spacial score (nSPS) is 15.9. The molecular formula is C21H30N4O4S. The summed E-state index contributed by atoms with van der Waals surface area (Å²) in [6, 6.07) is 8.61. The summed E-state index contributed by atoms with van der Waals surface area (Å²) >= 11 is 0. The van der Waals surface area contributed by atoms with Crippen LogP contribution in [0.3, 0.4) is 0 Å². The predicted molar refractivity (Wildman–Crippen MR) is 115 cm³/mol. The Morgan fingerprint density at radius 2 is 1.80 bits per heavy atom. The lowest BCUT2D eigenvalue weighted by atomic mass is 10.1. The van der Waals surface area contributed by atoms with Crippen LogP contribution in [0.2, 0.25) is 0 Å². The van der Waals surface area contributed by atoms with Crippen molar-refractivity contribution in [1.82, 2.24) is 14.1 Å². The molecule has 1 N–H and O–H groups in total. The van der Waals surface area contributed by atoms with Crippen LogP contribution in [0.1, 0.15) is 38.4 Å². The van der Waals surface area contributed by atoms with Gasteiger partial charge in [0.1, 0.15) is 5.82 Å². The molecule has 0 bridgehead atoms. The minimum Gasteiger partial charge on any atom is -0.379 e. The van der Waals surface area contributed by atoms with E-state index in [2.05, 4.69) is 10.4 Å². The van der Waals surface area contributed by atoms with Gasteiger partial charge in [-0.3, -0.25) is 4.79 Å². The minimum atomic E-state index is -3.50. The van der Waals surface area contributed by atoms with Gasteiger partial charge in [-0.1, -0.05) is 12.1 Å². The molecule has 1 fully saturated rings. The SMILES string of the molecule is Cc1cc(NC(=O)CCc2ccc(S(=O)(=O)N3CCOCC3)cc2)n(C(C)(C)C)n1. The average Bonchev–Trinajstić information content (AvgIpc) is 3.08. The molecule has 1 saturated heterocycles. The highest BCUT2D eigenvalue weighted by molar-refractivity contribution is 7.89. The Morgan fingerprint density at radius 1 is 1.17 bits per heavy atom. The number of nitrogens with one attached hydrogen (secondary N) is 1. The zero-order valence-corrected chi connectivity index (χ0v) is 18.8. The topological polar surface area (TPSA) is 93.5 Å². The van der Waals surface area contributed by atoms with Crippen LogP contribution in [0, 0.1) is 6.92 Å². The molecule has 0 saturated carbocycles. The molecule has 2 aromatic rings. The van der Waals surface area contributed by atoms with E-state index in [0.29, 0.717) is 45.0 Å². The van der Waals surface area contributed by atoms with Crippen LogP contribution < -0.4 is 5.32 Å². The number of hydrogen-bond acceptors (Lipinski definition) is 5. The first-order valence-electron chi connectivity index (χ1n) is 10.1. The van der Waals surface area contributed by atoms with E-state index in [4.69, 9.17) is 4.74 Å². The number of aryl methyl sites for hydroxylation is 2. The number of carbonyl (C=O) groups is 1. The van der Waals surface area contributed by atoms with Crippen molar-refractivity contribution < 1.29 is 17.9 Å². The number of ether oxygens (including phenoxy) is 1. The second-order valence-electron chi connectivity index (χ2n) is 8.46. The van der Waals surface area contributed by atoms with E-state index >= 15 is 0 Å². The molecule has 3 rings (SSSR count). The van der Waals surface area contributed by atoms with Crippen molar-refractivity contribution in [2.24, 2.45) is 0 Å². The van der Waals surface area contributed by atoms with Gasteiger partial charge in [0.05, 0.1) is 29.3 Å². The standard InChI is InChI=1S/C21H30N4O4S/c1-16-15-19(25(23-16)21(2,3)4)22-20(26)10-7-17-5-8-18(9-6-17)30(27,28)24-11-13-29-14-12-24/h5-6,8-9,15H,7,10-14H2,1-4H3,(H,22,26). The highest BCUT2D eigenvalue weighted by atomic mass is 32.2. The van der Waals surface area contributed by atoms with E-state index in [9.17, 15) is 13.2 Å². The Labute approximate surface area is 178 Å². The van der Waals surface area contributed by atoms with E-state index in [0.717, 1.165) is 11.3 Å². The van der Waals surface area contributed by atoms with Crippen molar-refractivity contribution in [3.05, 3.63) is 41.6 Å². The average molecular weight is 435 g/mol. The van der Waals surface area contributed by atoms with E-state index in [1.807, 2.05) is 38.4 Å². The second-order valence-corrected chi connectivity index (χ2v) is 10.4. The van der Waals surface area contributed by atoms with Crippen LogP contribution >= 0.6 is 0 Å². The Morgan fingerprint density at radius 3 is 2.40 bits per heavy atom. The lowest BCUT2D eigenvalue weighted by Gasteiger charge is -2.26. The fourth-order valence-electron chi connectivity index (χ4n) is 3.33. The summed E-state index contributed by atoms with van der Waals surface area (Å²) in [5.74, 6) is 0.572. The molecule has 30 heavy (non-hydrogen) atoms. The summed E-state index contributed by atoms with van der Waals surface area (Å²) in [5.41, 5.74) is 1.52. The zero-order chi connectivity index (χ0) is 21.9. The van der Waals surface area contributed by atoms with Crippen LogP contribution in [0.4, 0.5) is 5.82 Å². The molecule has 2 heterocycles. The van der Waals surface area contributed by atoms with Gasteiger partial charge in [-0.25, -0.2) is 13.1 Å². The van der Waals surface area contributed by atoms with E-state index in [1.54, 1.807) is 24.3 Å². The molecule has 0 unspecified atom stereocenters. The van der Waals surface area contributed by atoms with Crippen molar-refractivity contribution >= 4 is 21.7 Å². The van der Waals surface area contributed by atoms with Crippen LogP contribution in [0.15, 0.2) is 35.2 Å². The molecule has 0 aliphatic carbocycles. The number of carbonyl (C=O) groups excluding carboxylic acids is 1. The first kappa shape index (κ1) is 22.5. The van der Waals surface area contributed by atoms with Crippen molar-refractivity contribution in [2.45, 2.75) is 51.0 Å². The number of amides is 1. The quantitative estimate of drug-likeness (QED) is 0.754. The van der Waals surface area contributed by atoms with Crippen molar-refractivity contribution in [3.63, 3.8) is 0 Å². The monoisotopic (exact) mass is 434 g/mol. The van der Waals surface area contributed by atoms with Gasteiger partial charge in [0, 0.05) is 25.6 Å². The Bertz CT molecular complexity index is 985. The van der Waals surface area contributed by atoms with Gasteiger partial charge in [0.25, 0.3) is 0 Å². The smallest absolute Gasteiger partial charge is 0.243 e. The number of rotatable bonds is 6. The van der Waals surface area contributed by atoms with Crippen molar-refractivity contribution in [2.75, 3.05) is 31.6 Å². The summed E-state index contributed by atoms with van der Waals surface area (Å²) in [4.78, 5) is 12.7. The molecule has 8 nitrogen and oxygen atoms in total. The van der Waals surface area contributed by atoms with E-state index < -0.39 is 10.0 Å². The summed E-state index contributed by atoms with van der Waals surface area (Å²) in [6.45, 7) is 9.55. The summed E-state index contributed by atoms with van der Waals surface area (Å²) in [6.07, 6.45) is 0.816. The molecule has 1 aliphatic heterocycles. The molecule has 164 valence electrons. The Hall–Kier alpha value is -2.23. The summed E-state index contributed by atoms with van der Waals surface area (Å²) in [5, 5.41) is 7.39. The lowest BCUT2D eigenvalue weighted by molar-refractivity contribution is -0.116. The highest BCUT2D eigenvalue weighted by Crippen LogP contribution is 2.22. The largest absolute Gasteiger partial charge is 0.379 e. The van der Waals surface area contributed by atoms with Gasteiger partial charge in [-0.15, -0.1) is 0 Å². The molecular weight excluding hydrogens is 404 g/mol. The number of sulfonamides is 1. The maximum absolute atomic E-state index is 12.7.